The Labute approximate surface area is 158 Å². The van der Waals surface area contributed by atoms with Gasteiger partial charge >= 0.3 is 5.97 Å². The number of benzene rings is 1. The minimum absolute atomic E-state index is 0.153. The van der Waals surface area contributed by atoms with Crippen LogP contribution in [0.4, 0.5) is 0 Å². The number of ether oxygens (including phenoxy) is 1. The fourth-order valence-electron chi connectivity index (χ4n) is 3.12. The molecule has 1 aliphatic carbocycles. The molecule has 1 aromatic rings. The van der Waals surface area contributed by atoms with Gasteiger partial charge < -0.3 is 10.1 Å². The molecule has 1 N–H and O–H groups in total. The highest BCUT2D eigenvalue weighted by Crippen LogP contribution is 2.29. The zero-order valence-corrected chi connectivity index (χ0v) is 15.7. The van der Waals surface area contributed by atoms with Crippen LogP contribution in [0.3, 0.4) is 0 Å². The van der Waals surface area contributed by atoms with Gasteiger partial charge in [0.05, 0.1) is 11.1 Å². The monoisotopic (exact) mass is 372 g/mol. The van der Waals surface area contributed by atoms with Crippen molar-refractivity contribution < 1.29 is 23.9 Å². The quantitative estimate of drug-likeness (QED) is 0.583. The van der Waals surface area contributed by atoms with Crippen molar-refractivity contribution in [1.82, 2.24) is 10.2 Å². The smallest absolute Gasteiger partial charge is 0.330 e. The Bertz CT molecular complexity index is 751. The Morgan fingerprint density at radius 1 is 1.15 bits per heavy atom. The van der Waals surface area contributed by atoms with Crippen LogP contribution in [0.5, 0.6) is 0 Å². The van der Waals surface area contributed by atoms with E-state index >= 15 is 0 Å². The zero-order chi connectivity index (χ0) is 19.7. The van der Waals surface area contributed by atoms with E-state index in [2.05, 4.69) is 5.32 Å². The molecule has 3 atom stereocenters. The van der Waals surface area contributed by atoms with Crippen LogP contribution >= 0.6 is 0 Å². The summed E-state index contributed by atoms with van der Waals surface area (Å²) in [5.41, 5.74) is 0.561. The predicted molar refractivity (Wildman–Crippen MR) is 96.9 cm³/mol. The zero-order valence-electron chi connectivity index (χ0n) is 15.7. The maximum absolute atomic E-state index is 12.8. The Morgan fingerprint density at radius 2 is 1.70 bits per heavy atom. The number of hydrogen-bond acceptors (Lipinski definition) is 5. The highest BCUT2D eigenvalue weighted by molar-refractivity contribution is 6.22. The Kier molecular flexibility index (Phi) is 5.30. The van der Waals surface area contributed by atoms with E-state index in [0.717, 1.165) is 17.7 Å². The number of hydrogen-bond donors (Lipinski definition) is 1. The first-order chi connectivity index (χ1) is 12.8. The summed E-state index contributed by atoms with van der Waals surface area (Å²) in [6, 6.07) is 5.57. The average Bonchev–Trinajstić information content (AvgIpc) is 3.44. The number of fused-ring (bicyclic) bond motifs is 1. The third kappa shape index (κ3) is 3.72. The van der Waals surface area contributed by atoms with E-state index < -0.39 is 29.9 Å². The number of nitrogens with one attached hydrogen (secondary N) is 1. The number of rotatable bonds is 7. The average molecular weight is 372 g/mol. The molecule has 0 bridgehead atoms. The minimum atomic E-state index is -1.07. The summed E-state index contributed by atoms with van der Waals surface area (Å²) in [5, 5.41) is 2.78. The first kappa shape index (κ1) is 19.1. The van der Waals surface area contributed by atoms with Crippen LogP contribution in [0.2, 0.25) is 0 Å². The molecule has 27 heavy (non-hydrogen) atoms. The molecule has 3 rings (SSSR count). The molecule has 1 saturated carbocycles. The third-order valence-electron chi connectivity index (χ3n) is 5.11. The second kappa shape index (κ2) is 7.50. The van der Waals surface area contributed by atoms with Gasteiger partial charge in [-0.15, -0.1) is 0 Å². The number of esters is 1. The molecule has 0 aromatic heterocycles. The van der Waals surface area contributed by atoms with Crippen LogP contribution in [0.25, 0.3) is 0 Å². The molecule has 1 aliphatic heterocycles. The van der Waals surface area contributed by atoms with Crippen molar-refractivity contribution in [3.63, 3.8) is 0 Å². The molecule has 144 valence electrons. The van der Waals surface area contributed by atoms with E-state index in [4.69, 9.17) is 4.74 Å². The first-order valence-electron chi connectivity index (χ1n) is 9.32. The number of carbonyl (C=O) groups excluding carboxylic acids is 4. The predicted octanol–water partition coefficient (Wildman–Crippen LogP) is 1.91. The van der Waals surface area contributed by atoms with Crippen molar-refractivity contribution in [2.75, 3.05) is 0 Å². The van der Waals surface area contributed by atoms with Gasteiger partial charge in [0.25, 0.3) is 17.7 Å². The summed E-state index contributed by atoms with van der Waals surface area (Å²) in [4.78, 5) is 51.4. The largest absolute Gasteiger partial charge is 0.451 e. The molecule has 7 heteroatoms. The highest BCUT2D eigenvalue weighted by atomic mass is 16.5. The Morgan fingerprint density at radius 3 is 2.19 bits per heavy atom. The highest BCUT2D eigenvalue weighted by Gasteiger charge is 2.45. The van der Waals surface area contributed by atoms with Crippen LogP contribution in [0, 0.1) is 5.92 Å². The van der Waals surface area contributed by atoms with Gasteiger partial charge in [-0.2, -0.15) is 0 Å². The van der Waals surface area contributed by atoms with Crippen molar-refractivity contribution in [3.8, 4) is 0 Å². The van der Waals surface area contributed by atoms with Crippen molar-refractivity contribution in [2.45, 2.75) is 58.2 Å². The van der Waals surface area contributed by atoms with Crippen molar-refractivity contribution in [3.05, 3.63) is 35.4 Å². The molecule has 0 spiro atoms. The van der Waals surface area contributed by atoms with Gasteiger partial charge in [-0.05, 0) is 37.8 Å². The van der Waals surface area contributed by atoms with Gasteiger partial charge in [-0.1, -0.05) is 32.4 Å². The standard InChI is InChI=1S/C20H24N2O5/c1-4-11(2)16(20(26)27-12(3)17(23)21-13-9-10-13)22-18(24)14-7-5-6-8-15(14)19(22)25/h5-8,11-13,16H,4,9-10H2,1-3H3,(H,21,23)/t11-,12+,16-/m0/s1. The molecule has 1 fully saturated rings. The van der Waals surface area contributed by atoms with Crippen LogP contribution in [-0.4, -0.2) is 46.8 Å². The topological polar surface area (TPSA) is 92.8 Å². The number of imide groups is 1. The molecular weight excluding hydrogens is 348 g/mol. The van der Waals surface area contributed by atoms with Gasteiger partial charge in [0, 0.05) is 6.04 Å². The fraction of sp³-hybridized carbons (Fsp3) is 0.500. The molecule has 0 saturated heterocycles. The van der Waals surface area contributed by atoms with Gasteiger partial charge in [0.1, 0.15) is 6.04 Å². The molecule has 0 unspecified atom stereocenters. The van der Waals surface area contributed by atoms with E-state index in [9.17, 15) is 19.2 Å². The number of nitrogens with zero attached hydrogens (tertiary/aromatic N) is 1. The van der Waals surface area contributed by atoms with Crippen molar-refractivity contribution in [2.24, 2.45) is 5.92 Å². The summed E-state index contributed by atoms with van der Waals surface area (Å²) >= 11 is 0. The summed E-state index contributed by atoms with van der Waals surface area (Å²) < 4.78 is 5.34. The lowest BCUT2D eigenvalue weighted by Gasteiger charge is -2.29. The van der Waals surface area contributed by atoms with Gasteiger partial charge in [0.2, 0.25) is 0 Å². The van der Waals surface area contributed by atoms with E-state index in [-0.39, 0.29) is 29.0 Å². The lowest BCUT2D eigenvalue weighted by molar-refractivity contribution is -0.160. The third-order valence-corrected chi connectivity index (χ3v) is 5.11. The molecule has 1 heterocycles. The fourth-order valence-corrected chi connectivity index (χ4v) is 3.12. The van der Waals surface area contributed by atoms with E-state index in [1.165, 1.54) is 6.92 Å². The maximum atomic E-state index is 12.8. The number of amides is 3. The SMILES string of the molecule is CC[C@H](C)[C@@H](C(=O)O[C@H](C)C(=O)NC1CC1)N1C(=O)c2ccccc2C1=O. The maximum Gasteiger partial charge on any atom is 0.330 e. The second-order valence-corrected chi connectivity index (χ2v) is 7.22. The van der Waals surface area contributed by atoms with Crippen LogP contribution in [0.1, 0.15) is 60.7 Å². The normalized spacial score (nSPS) is 19.3. The van der Waals surface area contributed by atoms with Crippen LogP contribution < -0.4 is 5.32 Å². The summed E-state index contributed by atoms with van der Waals surface area (Å²) in [7, 11) is 0. The van der Waals surface area contributed by atoms with E-state index in [1.54, 1.807) is 31.2 Å². The Hall–Kier alpha value is -2.70. The van der Waals surface area contributed by atoms with Crippen LogP contribution in [-0.2, 0) is 14.3 Å². The molecule has 7 nitrogen and oxygen atoms in total. The summed E-state index contributed by atoms with van der Waals surface area (Å²) in [6.07, 6.45) is 1.43. The van der Waals surface area contributed by atoms with E-state index in [0.29, 0.717) is 6.42 Å². The number of carbonyl (C=O) groups is 4. The summed E-state index contributed by atoms with van der Waals surface area (Å²) in [6.45, 7) is 5.14. The van der Waals surface area contributed by atoms with E-state index in [1.807, 2.05) is 6.92 Å². The molecule has 1 aromatic carbocycles. The molecule has 0 radical (unpaired) electrons. The lowest BCUT2D eigenvalue weighted by Crippen LogP contribution is -2.51. The van der Waals surface area contributed by atoms with Gasteiger partial charge in [-0.3, -0.25) is 19.3 Å². The van der Waals surface area contributed by atoms with Gasteiger partial charge in [0.15, 0.2) is 6.10 Å². The Balaban J connectivity index is 1.80. The molecule has 3 amide bonds. The van der Waals surface area contributed by atoms with Crippen LogP contribution in [0.15, 0.2) is 24.3 Å². The molecular formula is C20H24N2O5. The molecule has 2 aliphatic rings. The summed E-state index contributed by atoms with van der Waals surface area (Å²) in [5.74, 6) is -2.42. The second-order valence-electron chi connectivity index (χ2n) is 7.22. The van der Waals surface area contributed by atoms with Gasteiger partial charge in [-0.25, -0.2) is 4.79 Å². The lowest BCUT2D eigenvalue weighted by atomic mass is 9.97. The van der Waals surface area contributed by atoms with Crippen molar-refractivity contribution >= 4 is 23.7 Å². The minimum Gasteiger partial charge on any atom is -0.451 e. The first-order valence-corrected chi connectivity index (χ1v) is 9.32. The van der Waals surface area contributed by atoms with Crippen molar-refractivity contribution in [1.29, 1.82) is 0 Å².